The molecule has 0 aliphatic heterocycles. The second-order valence-corrected chi connectivity index (χ2v) is 10.3. The number of thiazole rings is 1. The summed E-state index contributed by atoms with van der Waals surface area (Å²) in [7, 11) is 1.82. The Morgan fingerprint density at radius 1 is 1.12 bits per heavy atom. The normalized spacial score (nSPS) is 12.1. The monoisotopic (exact) mass is 514 g/mol. The highest BCUT2D eigenvalue weighted by molar-refractivity contribution is 7.99. The van der Waals surface area contributed by atoms with Crippen molar-refractivity contribution in [2.24, 2.45) is 13.0 Å². The minimum Gasteiger partial charge on any atom is -0.342 e. The van der Waals surface area contributed by atoms with E-state index >= 15 is 0 Å². The van der Waals surface area contributed by atoms with Crippen molar-refractivity contribution in [3.63, 3.8) is 0 Å². The second-order valence-electron chi connectivity index (χ2n) is 7.90. The SMILES string of the molecule is CC(C)[C@H](NC(=O)c1ccccc1Cl)c1nnc(SCC(=O)Nc2nc3ccccc3s2)n1C. The zero-order valence-electron chi connectivity index (χ0n) is 18.8. The fourth-order valence-electron chi connectivity index (χ4n) is 3.33. The maximum absolute atomic E-state index is 12.8. The van der Waals surface area contributed by atoms with Crippen LogP contribution in [0.5, 0.6) is 0 Å². The van der Waals surface area contributed by atoms with E-state index < -0.39 is 0 Å². The van der Waals surface area contributed by atoms with Crippen LogP contribution in [0, 0.1) is 5.92 Å². The molecule has 34 heavy (non-hydrogen) atoms. The fourth-order valence-corrected chi connectivity index (χ4v) is 5.15. The average molecular weight is 515 g/mol. The molecule has 1 atom stereocenters. The highest BCUT2D eigenvalue weighted by Crippen LogP contribution is 2.27. The number of thioether (sulfide) groups is 1. The standard InChI is InChI=1S/C23H23ClN6O2S2/c1-13(2)19(27-21(32)14-8-4-5-9-15(14)24)20-28-29-23(30(20)3)33-12-18(31)26-22-25-16-10-6-7-11-17(16)34-22/h4-11,13,19H,12H2,1-3H3,(H,27,32)(H,25,26,31)/t19-/m0/s1. The number of rotatable bonds is 8. The number of benzene rings is 2. The van der Waals surface area contributed by atoms with Crippen LogP contribution in [-0.4, -0.2) is 37.3 Å². The lowest BCUT2D eigenvalue weighted by atomic mass is 10.0. The largest absolute Gasteiger partial charge is 0.342 e. The summed E-state index contributed by atoms with van der Waals surface area (Å²) in [5.74, 6) is 0.344. The molecule has 11 heteroatoms. The highest BCUT2D eigenvalue weighted by Gasteiger charge is 2.26. The summed E-state index contributed by atoms with van der Waals surface area (Å²) in [6.45, 7) is 3.98. The Morgan fingerprint density at radius 3 is 2.59 bits per heavy atom. The molecule has 0 aliphatic carbocycles. The van der Waals surface area contributed by atoms with Crippen molar-refractivity contribution in [3.05, 3.63) is 64.9 Å². The predicted octanol–water partition coefficient (Wildman–Crippen LogP) is 4.94. The van der Waals surface area contributed by atoms with Crippen molar-refractivity contribution in [1.82, 2.24) is 25.1 Å². The molecule has 0 saturated carbocycles. The van der Waals surface area contributed by atoms with Gasteiger partial charge in [-0.2, -0.15) is 0 Å². The number of hydrogen-bond donors (Lipinski definition) is 2. The third kappa shape index (κ3) is 5.40. The van der Waals surface area contributed by atoms with Gasteiger partial charge in [-0.25, -0.2) is 4.98 Å². The Labute approximate surface area is 210 Å². The van der Waals surface area contributed by atoms with Gasteiger partial charge in [0.25, 0.3) is 5.91 Å². The Kier molecular flexibility index (Phi) is 7.50. The lowest BCUT2D eigenvalue weighted by Crippen LogP contribution is -2.33. The van der Waals surface area contributed by atoms with E-state index in [1.807, 2.05) is 45.2 Å². The molecule has 4 aromatic rings. The van der Waals surface area contributed by atoms with Crippen molar-refractivity contribution in [3.8, 4) is 0 Å². The van der Waals surface area contributed by atoms with Crippen molar-refractivity contribution in [1.29, 1.82) is 0 Å². The van der Waals surface area contributed by atoms with Crippen LogP contribution in [-0.2, 0) is 11.8 Å². The first-order valence-corrected chi connectivity index (χ1v) is 12.7. The van der Waals surface area contributed by atoms with Gasteiger partial charge in [0, 0.05) is 7.05 Å². The van der Waals surface area contributed by atoms with Crippen LogP contribution >= 0.6 is 34.7 Å². The molecular formula is C23H23ClN6O2S2. The molecule has 0 bridgehead atoms. The summed E-state index contributed by atoms with van der Waals surface area (Å²) < 4.78 is 2.81. The molecule has 0 unspecified atom stereocenters. The van der Waals surface area contributed by atoms with Crippen molar-refractivity contribution in [2.75, 3.05) is 11.1 Å². The molecule has 0 spiro atoms. The number of halogens is 1. The molecule has 2 N–H and O–H groups in total. The number of nitrogens with one attached hydrogen (secondary N) is 2. The van der Waals surface area contributed by atoms with Gasteiger partial charge in [0.15, 0.2) is 16.1 Å². The molecule has 2 aromatic heterocycles. The van der Waals surface area contributed by atoms with Gasteiger partial charge in [0.05, 0.1) is 32.6 Å². The third-order valence-corrected chi connectivity index (χ3v) is 7.39. The van der Waals surface area contributed by atoms with Crippen LogP contribution in [0.25, 0.3) is 10.2 Å². The van der Waals surface area contributed by atoms with E-state index in [0.717, 1.165) is 10.2 Å². The molecule has 176 valence electrons. The molecule has 0 radical (unpaired) electrons. The van der Waals surface area contributed by atoms with Crippen LogP contribution in [0.1, 0.15) is 36.1 Å². The maximum Gasteiger partial charge on any atom is 0.253 e. The summed E-state index contributed by atoms with van der Waals surface area (Å²) in [6.07, 6.45) is 0. The molecule has 2 aromatic carbocycles. The van der Waals surface area contributed by atoms with Crippen LogP contribution in [0.4, 0.5) is 5.13 Å². The van der Waals surface area contributed by atoms with Crippen LogP contribution in [0.3, 0.4) is 0 Å². The maximum atomic E-state index is 12.8. The summed E-state index contributed by atoms with van der Waals surface area (Å²) in [4.78, 5) is 29.7. The summed E-state index contributed by atoms with van der Waals surface area (Å²) in [5, 5.41) is 15.9. The van der Waals surface area contributed by atoms with Gasteiger partial charge in [-0.05, 0) is 30.2 Å². The highest BCUT2D eigenvalue weighted by atomic mass is 35.5. The fraction of sp³-hybridized carbons (Fsp3) is 0.261. The van der Waals surface area contributed by atoms with Crippen LogP contribution < -0.4 is 10.6 Å². The molecule has 0 aliphatic rings. The topological polar surface area (TPSA) is 102 Å². The Bertz CT molecular complexity index is 1300. The summed E-state index contributed by atoms with van der Waals surface area (Å²) in [6, 6.07) is 14.2. The lowest BCUT2D eigenvalue weighted by Gasteiger charge is -2.22. The van der Waals surface area contributed by atoms with Gasteiger partial charge >= 0.3 is 0 Å². The minimum absolute atomic E-state index is 0.0505. The number of carbonyl (C=O) groups excluding carboxylic acids is 2. The first kappa shape index (κ1) is 24.2. The second kappa shape index (κ2) is 10.5. The quantitative estimate of drug-likeness (QED) is 0.323. The molecular weight excluding hydrogens is 492 g/mol. The first-order chi connectivity index (χ1) is 16.3. The number of nitrogens with zero attached hydrogens (tertiary/aromatic N) is 4. The van der Waals surface area contributed by atoms with Crippen molar-refractivity contribution < 1.29 is 9.59 Å². The number of carbonyl (C=O) groups is 2. The predicted molar refractivity (Wildman–Crippen MR) is 136 cm³/mol. The molecule has 4 rings (SSSR count). The van der Waals surface area contributed by atoms with E-state index in [9.17, 15) is 9.59 Å². The van der Waals surface area contributed by atoms with E-state index in [4.69, 9.17) is 11.6 Å². The minimum atomic E-state index is -0.382. The summed E-state index contributed by atoms with van der Waals surface area (Å²) >= 11 is 8.88. The van der Waals surface area contributed by atoms with E-state index in [1.54, 1.807) is 28.8 Å². The van der Waals surface area contributed by atoms with Crippen molar-refractivity contribution >= 4 is 61.9 Å². The van der Waals surface area contributed by atoms with Gasteiger partial charge in [-0.15, -0.1) is 10.2 Å². The third-order valence-electron chi connectivity index (χ3n) is 5.09. The smallest absolute Gasteiger partial charge is 0.253 e. The first-order valence-electron chi connectivity index (χ1n) is 10.6. The number of amides is 2. The van der Waals surface area contributed by atoms with Crippen LogP contribution in [0.15, 0.2) is 53.7 Å². The molecule has 8 nitrogen and oxygen atoms in total. The molecule has 0 saturated heterocycles. The molecule has 0 fully saturated rings. The lowest BCUT2D eigenvalue weighted by molar-refractivity contribution is -0.113. The van der Waals surface area contributed by atoms with Gasteiger partial charge in [0.2, 0.25) is 5.91 Å². The average Bonchev–Trinajstić information content (AvgIpc) is 3.38. The number of hydrogen-bond acceptors (Lipinski definition) is 7. The zero-order valence-corrected chi connectivity index (χ0v) is 21.2. The van der Waals surface area contributed by atoms with E-state index in [2.05, 4.69) is 25.8 Å². The van der Waals surface area contributed by atoms with Gasteiger partial charge < -0.3 is 15.2 Å². The Balaban J connectivity index is 1.41. The molecule has 2 amide bonds. The van der Waals surface area contributed by atoms with Gasteiger partial charge in [-0.1, -0.05) is 72.8 Å². The number of aromatic nitrogens is 4. The van der Waals surface area contributed by atoms with E-state index in [-0.39, 0.29) is 29.5 Å². The zero-order chi connectivity index (χ0) is 24.2. The van der Waals surface area contributed by atoms with E-state index in [1.165, 1.54) is 23.1 Å². The number of para-hydroxylation sites is 1. The van der Waals surface area contributed by atoms with Crippen LogP contribution in [0.2, 0.25) is 5.02 Å². The van der Waals surface area contributed by atoms with Crippen molar-refractivity contribution in [2.45, 2.75) is 25.0 Å². The molecule has 2 heterocycles. The summed E-state index contributed by atoms with van der Waals surface area (Å²) in [5.41, 5.74) is 1.25. The number of fused-ring (bicyclic) bond motifs is 1. The van der Waals surface area contributed by atoms with Gasteiger partial charge in [0.1, 0.15) is 0 Å². The van der Waals surface area contributed by atoms with Gasteiger partial charge in [-0.3, -0.25) is 9.59 Å². The Hall–Kier alpha value is -2.95. The Morgan fingerprint density at radius 2 is 1.85 bits per heavy atom. The number of anilines is 1. The van der Waals surface area contributed by atoms with E-state index in [0.29, 0.717) is 26.7 Å².